The first-order chi connectivity index (χ1) is 14.4. The molecule has 1 aliphatic rings. The molecule has 0 unspecified atom stereocenters. The Bertz CT molecular complexity index is 1230. The minimum absolute atomic E-state index is 0.0419. The summed E-state index contributed by atoms with van der Waals surface area (Å²) in [6, 6.07) is 21.1. The van der Waals surface area contributed by atoms with Gasteiger partial charge in [0.1, 0.15) is 6.29 Å². The molecule has 0 saturated carbocycles. The van der Waals surface area contributed by atoms with E-state index in [0.29, 0.717) is 5.57 Å². The smallest absolute Gasteiger partial charge is 0.269 e. The minimum atomic E-state index is -0.404. The monoisotopic (exact) mass is 395 g/mol. The van der Waals surface area contributed by atoms with Gasteiger partial charge >= 0.3 is 0 Å². The van der Waals surface area contributed by atoms with Gasteiger partial charge in [0.25, 0.3) is 5.69 Å². The zero-order chi connectivity index (χ0) is 21.4. The van der Waals surface area contributed by atoms with E-state index < -0.39 is 4.92 Å². The van der Waals surface area contributed by atoms with Gasteiger partial charge in [0, 0.05) is 12.1 Å². The topological polar surface area (TPSA) is 60.2 Å². The number of allylic oxidation sites excluding steroid dienone is 3. The van der Waals surface area contributed by atoms with Crippen LogP contribution in [0.2, 0.25) is 0 Å². The fraction of sp³-hybridized carbons (Fsp3) is 0.115. The number of nitro benzene ring substituents is 1. The summed E-state index contributed by atoms with van der Waals surface area (Å²) in [4.78, 5) is 22.5. The van der Waals surface area contributed by atoms with Gasteiger partial charge in [-0.15, -0.1) is 0 Å². The number of hydrogen-bond donors (Lipinski definition) is 0. The highest BCUT2D eigenvalue weighted by Gasteiger charge is 2.30. The average molecular weight is 395 g/mol. The molecule has 0 fully saturated rings. The summed E-state index contributed by atoms with van der Waals surface area (Å²) in [6.45, 7) is 5.89. The summed E-state index contributed by atoms with van der Waals surface area (Å²) >= 11 is 0. The van der Waals surface area contributed by atoms with Crippen LogP contribution in [0.1, 0.15) is 40.3 Å². The second-order valence-electron chi connectivity index (χ2n) is 7.64. The van der Waals surface area contributed by atoms with Crippen molar-refractivity contribution in [1.82, 2.24) is 0 Å². The number of carbonyl (C=O) groups excluding carboxylic acids is 1. The van der Waals surface area contributed by atoms with Gasteiger partial charge in [0.05, 0.1) is 4.92 Å². The number of fused-ring (bicyclic) bond motifs is 1. The first-order valence-electron chi connectivity index (χ1n) is 9.74. The highest BCUT2D eigenvalue weighted by molar-refractivity contribution is 6.27. The van der Waals surface area contributed by atoms with Crippen LogP contribution in [0.15, 0.2) is 72.3 Å². The van der Waals surface area contributed by atoms with E-state index in [1.54, 1.807) is 12.1 Å². The predicted octanol–water partition coefficient (Wildman–Crippen LogP) is 6.16. The van der Waals surface area contributed by atoms with Gasteiger partial charge in [-0.1, -0.05) is 53.6 Å². The predicted molar refractivity (Wildman–Crippen MR) is 120 cm³/mol. The fourth-order valence-electron chi connectivity index (χ4n) is 4.00. The van der Waals surface area contributed by atoms with Crippen LogP contribution in [0.25, 0.3) is 16.7 Å². The maximum absolute atomic E-state index is 11.8. The first-order valence-corrected chi connectivity index (χ1v) is 9.74. The van der Waals surface area contributed by atoms with Crippen LogP contribution in [0.5, 0.6) is 0 Å². The second-order valence-corrected chi connectivity index (χ2v) is 7.64. The Kier molecular flexibility index (Phi) is 4.92. The largest absolute Gasteiger partial charge is 0.298 e. The van der Waals surface area contributed by atoms with E-state index in [1.807, 2.05) is 20.8 Å². The maximum atomic E-state index is 11.8. The number of nitro groups is 1. The van der Waals surface area contributed by atoms with Crippen LogP contribution >= 0.6 is 0 Å². The molecule has 0 aromatic heterocycles. The lowest BCUT2D eigenvalue weighted by Gasteiger charge is -2.12. The van der Waals surface area contributed by atoms with Gasteiger partial charge in [0.15, 0.2) is 0 Å². The summed E-state index contributed by atoms with van der Waals surface area (Å²) in [5.41, 5.74) is 9.78. The van der Waals surface area contributed by atoms with Crippen LogP contribution in [-0.2, 0) is 4.79 Å². The number of aryl methyl sites for hydroxylation is 2. The molecule has 4 nitrogen and oxygen atoms in total. The van der Waals surface area contributed by atoms with Crippen molar-refractivity contribution in [2.75, 3.05) is 0 Å². The number of hydrogen-bond acceptors (Lipinski definition) is 3. The fourth-order valence-corrected chi connectivity index (χ4v) is 4.00. The Morgan fingerprint density at radius 2 is 1.37 bits per heavy atom. The Morgan fingerprint density at radius 1 is 0.800 bits per heavy atom. The van der Waals surface area contributed by atoms with Crippen LogP contribution in [0, 0.1) is 24.0 Å². The van der Waals surface area contributed by atoms with Crippen molar-refractivity contribution in [3.63, 3.8) is 0 Å². The van der Waals surface area contributed by atoms with Crippen molar-refractivity contribution in [1.29, 1.82) is 0 Å². The second kappa shape index (κ2) is 7.56. The number of rotatable bonds is 4. The van der Waals surface area contributed by atoms with Gasteiger partial charge < -0.3 is 0 Å². The van der Waals surface area contributed by atoms with Gasteiger partial charge in [-0.25, -0.2) is 0 Å². The molecule has 30 heavy (non-hydrogen) atoms. The summed E-state index contributed by atoms with van der Waals surface area (Å²) in [6.07, 6.45) is 0.880. The van der Waals surface area contributed by atoms with E-state index in [4.69, 9.17) is 0 Å². The number of carbonyl (C=O) groups is 1. The van der Waals surface area contributed by atoms with Crippen molar-refractivity contribution >= 4 is 28.7 Å². The molecule has 0 spiro atoms. The van der Waals surface area contributed by atoms with Gasteiger partial charge in [-0.2, -0.15) is 0 Å². The molecule has 3 aromatic carbocycles. The summed E-state index contributed by atoms with van der Waals surface area (Å²) < 4.78 is 0. The summed E-state index contributed by atoms with van der Waals surface area (Å²) in [5, 5.41) is 11.1. The molecule has 148 valence electrons. The van der Waals surface area contributed by atoms with Gasteiger partial charge in [-0.05, 0) is 77.5 Å². The lowest BCUT2D eigenvalue weighted by Crippen LogP contribution is -1.94. The third-order valence-corrected chi connectivity index (χ3v) is 5.49. The molecule has 0 heterocycles. The minimum Gasteiger partial charge on any atom is -0.298 e. The van der Waals surface area contributed by atoms with Crippen LogP contribution in [0.3, 0.4) is 0 Å². The quantitative estimate of drug-likeness (QED) is 0.230. The SMILES string of the molecule is C/C(C=O)=C1/C(c2ccc([N+](=O)[O-])cc2)=C(c2ccc(C)cc2)c2ccc(C)cc21. The number of non-ortho nitro benzene ring substituents is 1. The lowest BCUT2D eigenvalue weighted by molar-refractivity contribution is -0.384. The van der Waals surface area contributed by atoms with Gasteiger partial charge in [0.2, 0.25) is 0 Å². The van der Waals surface area contributed by atoms with E-state index >= 15 is 0 Å². The van der Waals surface area contributed by atoms with Crippen molar-refractivity contribution < 1.29 is 9.72 Å². The molecule has 0 aliphatic heterocycles. The third-order valence-electron chi connectivity index (χ3n) is 5.49. The molecule has 0 amide bonds. The van der Waals surface area contributed by atoms with E-state index in [1.165, 1.54) is 17.7 Å². The van der Waals surface area contributed by atoms with Crippen molar-refractivity contribution in [2.45, 2.75) is 20.8 Å². The van der Waals surface area contributed by atoms with Crippen molar-refractivity contribution in [3.05, 3.63) is 116 Å². The molecule has 0 bridgehead atoms. The maximum Gasteiger partial charge on any atom is 0.269 e. The molecule has 4 rings (SSSR count). The Hall–Kier alpha value is -3.79. The molecule has 3 aromatic rings. The normalized spacial score (nSPS) is 14.5. The van der Waals surface area contributed by atoms with E-state index in [0.717, 1.165) is 50.8 Å². The van der Waals surface area contributed by atoms with E-state index in [9.17, 15) is 14.9 Å². The zero-order valence-corrected chi connectivity index (χ0v) is 17.1. The highest BCUT2D eigenvalue weighted by Crippen LogP contribution is 2.50. The van der Waals surface area contributed by atoms with Crippen LogP contribution in [-0.4, -0.2) is 11.2 Å². The Morgan fingerprint density at radius 3 is 1.97 bits per heavy atom. The molecular formula is C26H21NO3. The molecule has 0 radical (unpaired) electrons. The van der Waals surface area contributed by atoms with Crippen molar-refractivity contribution in [2.24, 2.45) is 0 Å². The standard InChI is InChI=1S/C26H21NO3/c1-16-4-7-19(8-5-16)25-22-13-6-17(2)14-23(22)24(18(3)15-28)26(25)20-9-11-21(12-10-20)27(29)30/h4-15H,1-3H3/b24-18-. The molecule has 0 atom stereocenters. The summed E-state index contributed by atoms with van der Waals surface area (Å²) in [7, 11) is 0. The highest BCUT2D eigenvalue weighted by atomic mass is 16.6. The average Bonchev–Trinajstić information content (AvgIpc) is 3.08. The molecule has 0 saturated heterocycles. The molecular weight excluding hydrogens is 374 g/mol. The third kappa shape index (κ3) is 3.26. The van der Waals surface area contributed by atoms with Crippen LogP contribution in [0.4, 0.5) is 5.69 Å². The van der Waals surface area contributed by atoms with E-state index in [2.05, 4.69) is 42.5 Å². The number of benzene rings is 3. The van der Waals surface area contributed by atoms with E-state index in [-0.39, 0.29) is 5.69 Å². The van der Waals surface area contributed by atoms with Crippen molar-refractivity contribution in [3.8, 4) is 0 Å². The lowest BCUT2D eigenvalue weighted by atomic mass is 9.91. The zero-order valence-electron chi connectivity index (χ0n) is 17.1. The number of aldehydes is 1. The van der Waals surface area contributed by atoms with Crippen LogP contribution < -0.4 is 0 Å². The van der Waals surface area contributed by atoms with Gasteiger partial charge in [-0.3, -0.25) is 14.9 Å². The number of nitrogens with zero attached hydrogens (tertiary/aromatic N) is 1. The molecule has 0 N–H and O–H groups in total. The Labute approximate surface area is 175 Å². The molecule has 4 heteroatoms. The Balaban J connectivity index is 2.08. The molecule has 1 aliphatic carbocycles. The first kappa shape index (κ1) is 19.5. The summed E-state index contributed by atoms with van der Waals surface area (Å²) in [5.74, 6) is 0.